The zero-order chi connectivity index (χ0) is 15.4. The minimum absolute atomic E-state index is 0.0938. The number of nitrogens with zero attached hydrogens (tertiary/aromatic N) is 4. The van der Waals surface area contributed by atoms with Crippen LogP contribution in [0.25, 0.3) is 11.4 Å². The number of hydrogen-bond donors (Lipinski definition) is 0. The van der Waals surface area contributed by atoms with Gasteiger partial charge >= 0.3 is 0 Å². The van der Waals surface area contributed by atoms with Crippen molar-refractivity contribution >= 4 is 5.91 Å². The Bertz CT molecular complexity index is 629. The summed E-state index contributed by atoms with van der Waals surface area (Å²) in [6.45, 7) is 3.85. The zero-order valence-corrected chi connectivity index (χ0v) is 12.4. The van der Waals surface area contributed by atoms with Crippen molar-refractivity contribution in [3.8, 4) is 11.4 Å². The van der Waals surface area contributed by atoms with Gasteiger partial charge in [-0.05, 0) is 19.1 Å². The first-order valence-electron chi connectivity index (χ1n) is 7.35. The highest BCUT2D eigenvalue weighted by atomic mass is 16.5. The standard InChI is InChI=1S/C15H18N4O3/c1-11-10-19(7-8-21-11)14(20)5-4-13-17-15(18-22-13)12-3-2-6-16-9-12/h2-3,6,9,11H,4-5,7-8,10H2,1H3. The first kappa shape index (κ1) is 14.6. The highest BCUT2D eigenvalue weighted by Gasteiger charge is 2.21. The molecule has 0 aliphatic carbocycles. The van der Waals surface area contributed by atoms with Crippen molar-refractivity contribution in [2.75, 3.05) is 19.7 Å². The molecular formula is C15H18N4O3. The van der Waals surface area contributed by atoms with Gasteiger partial charge in [-0.25, -0.2) is 0 Å². The minimum atomic E-state index is 0.0938. The van der Waals surface area contributed by atoms with E-state index < -0.39 is 0 Å². The van der Waals surface area contributed by atoms with Gasteiger partial charge in [0.15, 0.2) is 0 Å². The van der Waals surface area contributed by atoms with Crippen molar-refractivity contribution in [2.45, 2.75) is 25.9 Å². The molecule has 1 saturated heterocycles. The second-order valence-corrected chi connectivity index (χ2v) is 5.27. The minimum Gasteiger partial charge on any atom is -0.375 e. The van der Waals surface area contributed by atoms with Gasteiger partial charge in [0.05, 0.1) is 12.7 Å². The fourth-order valence-corrected chi connectivity index (χ4v) is 2.39. The van der Waals surface area contributed by atoms with Gasteiger partial charge in [0.25, 0.3) is 0 Å². The Kier molecular flexibility index (Phi) is 4.43. The van der Waals surface area contributed by atoms with Gasteiger partial charge in [0, 0.05) is 43.9 Å². The monoisotopic (exact) mass is 302 g/mol. The van der Waals surface area contributed by atoms with Crippen LogP contribution in [0.2, 0.25) is 0 Å². The number of pyridine rings is 1. The normalized spacial score (nSPS) is 18.4. The molecule has 0 bridgehead atoms. The van der Waals surface area contributed by atoms with E-state index in [2.05, 4.69) is 15.1 Å². The molecule has 3 rings (SSSR count). The Labute approximate surface area is 128 Å². The van der Waals surface area contributed by atoms with Crippen LogP contribution >= 0.6 is 0 Å². The molecule has 1 atom stereocenters. The maximum absolute atomic E-state index is 12.2. The van der Waals surface area contributed by atoms with Crippen molar-refractivity contribution in [1.82, 2.24) is 20.0 Å². The van der Waals surface area contributed by atoms with Gasteiger partial charge in [-0.2, -0.15) is 4.98 Å². The highest BCUT2D eigenvalue weighted by molar-refractivity contribution is 5.76. The number of ether oxygens (including phenoxy) is 1. The number of amides is 1. The van der Waals surface area contributed by atoms with Crippen LogP contribution in [-0.4, -0.2) is 51.7 Å². The van der Waals surface area contributed by atoms with E-state index in [-0.39, 0.29) is 12.0 Å². The van der Waals surface area contributed by atoms with Gasteiger partial charge in [0.2, 0.25) is 17.6 Å². The zero-order valence-electron chi connectivity index (χ0n) is 12.4. The lowest BCUT2D eigenvalue weighted by Crippen LogP contribution is -2.44. The SMILES string of the molecule is CC1CN(C(=O)CCc2nc(-c3cccnc3)no2)CCO1. The molecular weight excluding hydrogens is 284 g/mol. The average Bonchev–Trinajstić information content (AvgIpc) is 3.02. The summed E-state index contributed by atoms with van der Waals surface area (Å²) in [5, 5.41) is 3.92. The van der Waals surface area contributed by atoms with Gasteiger partial charge in [-0.3, -0.25) is 9.78 Å². The molecule has 2 aromatic heterocycles. The second-order valence-electron chi connectivity index (χ2n) is 5.27. The number of carbonyl (C=O) groups excluding carboxylic acids is 1. The van der Waals surface area contributed by atoms with Crippen molar-refractivity contribution in [3.63, 3.8) is 0 Å². The lowest BCUT2D eigenvalue weighted by molar-refractivity contribution is -0.138. The smallest absolute Gasteiger partial charge is 0.227 e. The molecule has 2 aromatic rings. The molecule has 7 nitrogen and oxygen atoms in total. The Balaban J connectivity index is 1.56. The summed E-state index contributed by atoms with van der Waals surface area (Å²) in [7, 11) is 0. The van der Waals surface area contributed by atoms with Crippen molar-refractivity contribution in [1.29, 1.82) is 0 Å². The molecule has 0 saturated carbocycles. The van der Waals surface area contributed by atoms with E-state index in [0.29, 0.717) is 44.3 Å². The fourth-order valence-electron chi connectivity index (χ4n) is 2.39. The van der Waals surface area contributed by atoms with E-state index in [0.717, 1.165) is 5.56 Å². The Morgan fingerprint density at radius 1 is 1.50 bits per heavy atom. The predicted molar refractivity (Wildman–Crippen MR) is 77.8 cm³/mol. The average molecular weight is 302 g/mol. The number of hydrogen-bond acceptors (Lipinski definition) is 6. The van der Waals surface area contributed by atoms with E-state index in [1.54, 1.807) is 12.4 Å². The first-order valence-corrected chi connectivity index (χ1v) is 7.35. The molecule has 1 aliphatic rings. The van der Waals surface area contributed by atoms with Gasteiger partial charge < -0.3 is 14.2 Å². The van der Waals surface area contributed by atoms with E-state index in [1.807, 2.05) is 24.0 Å². The Hall–Kier alpha value is -2.28. The Morgan fingerprint density at radius 2 is 2.41 bits per heavy atom. The van der Waals surface area contributed by atoms with E-state index in [4.69, 9.17) is 9.26 Å². The van der Waals surface area contributed by atoms with Crippen molar-refractivity contribution in [3.05, 3.63) is 30.4 Å². The maximum Gasteiger partial charge on any atom is 0.227 e. The first-order chi connectivity index (χ1) is 10.7. The topological polar surface area (TPSA) is 81.4 Å². The van der Waals surface area contributed by atoms with E-state index in [9.17, 15) is 4.79 Å². The molecule has 0 spiro atoms. The molecule has 0 aromatic carbocycles. The molecule has 116 valence electrons. The van der Waals surface area contributed by atoms with Crippen LogP contribution in [0.3, 0.4) is 0 Å². The molecule has 1 aliphatic heterocycles. The third-order valence-electron chi connectivity index (χ3n) is 3.53. The van der Waals surface area contributed by atoms with Gasteiger partial charge in [0.1, 0.15) is 0 Å². The molecule has 3 heterocycles. The third kappa shape index (κ3) is 3.48. The maximum atomic E-state index is 12.2. The summed E-state index contributed by atoms with van der Waals surface area (Å²) in [5.74, 6) is 1.06. The number of carbonyl (C=O) groups is 1. The van der Waals surface area contributed by atoms with Crippen molar-refractivity contribution in [2.24, 2.45) is 0 Å². The second kappa shape index (κ2) is 6.65. The summed E-state index contributed by atoms with van der Waals surface area (Å²) >= 11 is 0. The van der Waals surface area contributed by atoms with Crippen LogP contribution in [0.5, 0.6) is 0 Å². The molecule has 7 heteroatoms. The largest absolute Gasteiger partial charge is 0.375 e. The van der Waals surface area contributed by atoms with Crippen LogP contribution in [0.4, 0.5) is 0 Å². The highest BCUT2D eigenvalue weighted by Crippen LogP contribution is 2.15. The molecule has 1 unspecified atom stereocenters. The Morgan fingerprint density at radius 3 is 3.18 bits per heavy atom. The lowest BCUT2D eigenvalue weighted by Gasteiger charge is -2.31. The number of aryl methyl sites for hydroxylation is 1. The number of morpholine rings is 1. The van der Waals surface area contributed by atoms with Crippen LogP contribution in [0, 0.1) is 0 Å². The summed E-state index contributed by atoms with van der Waals surface area (Å²) in [6.07, 6.45) is 4.26. The van der Waals surface area contributed by atoms with Crippen molar-refractivity contribution < 1.29 is 14.1 Å². The molecule has 0 N–H and O–H groups in total. The van der Waals surface area contributed by atoms with Crippen LogP contribution in [0.15, 0.2) is 29.0 Å². The summed E-state index contributed by atoms with van der Waals surface area (Å²) in [5.41, 5.74) is 0.797. The fraction of sp³-hybridized carbons (Fsp3) is 0.467. The summed E-state index contributed by atoms with van der Waals surface area (Å²) in [4.78, 5) is 22.3. The van der Waals surface area contributed by atoms with Gasteiger partial charge in [-0.15, -0.1) is 0 Å². The molecule has 1 amide bonds. The summed E-state index contributed by atoms with van der Waals surface area (Å²) in [6, 6.07) is 3.68. The van der Waals surface area contributed by atoms with Crippen LogP contribution < -0.4 is 0 Å². The van der Waals surface area contributed by atoms with Crippen LogP contribution in [0.1, 0.15) is 19.2 Å². The molecule has 1 fully saturated rings. The lowest BCUT2D eigenvalue weighted by atomic mass is 10.2. The number of rotatable bonds is 4. The molecule has 0 radical (unpaired) electrons. The van der Waals surface area contributed by atoms with E-state index >= 15 is 0 Å². The predicted octanol–water partition coefficient (Wildman–Crippen LogP) is 1.31. The quantitative estimate of drug-likeness (QED) is 0.847. The molecule has 22 heavy (non-hydrogen) atoms. The van der Waals surface area contributed by atoms with E-state index in [1.165, 1.54) is 0 Å². The summed E-state index contributed by atoms with van der Waals surface area (Å²) < 4.78 is 10.6. The third-order valence-corrected chi connectivity index (χ3v) is 3.53. The van der Waals surface area contributed by atoms with Gasteiger partial charge in [-0.1, -0.05) is 5.16 Å². The van der Waals surface area contributed by atoms with Crippen LogP contribution in [-0.2, 0) is 16.0 Å². The number of aromatic nitrogens is 3.